The van der Waals surface area contributed by atoms with Crippen LogP contribution in [0.1, 0.15) is 34.6 Å². The summed E-state index contributed by atoms with van der Waals surface area (Å²) >= 11 is 0. The van der Waals surface area contributed by atoms with Crippen LogP contribution in [0.3, 0.4) is 0 Å². The van der Waals surface area contributed by atoms with Crippen LogP contribution < -0.4 is 5.46 Å². The molecule has 0 bridgehead atoms. The average Bonchev–Trinajstić information content (AvgIpc) is 3.12. The molecule has 4 rings (SSSR count). The summed E-state index contributed by atoms with van der Waals surface area (Å²) in [4.78, 5) is 3.78. The highest BCUT2D eigenvalue weighted by Crippen LogP contribution is 2.37. The van der Waals surface area contributed by atoms with Gasteiger partial charge in [-0.2, -0.15) is 0 Å². The van der Waals surface area contributed by atoms with Crippen molar-refractivity contribution in [2.75, 3.05) is 0 Å². The highest BCUT2D eigenvalue weighted by molar-refractivity contribution is 6.62. The Kier molecular flexibility index (Phi) is 4.76. The minimum Gasteiger partial charge on any atom is -0.399 e. The Hall–Kier alpha value is -2.63. The zero-order valence-corrected chi connectivity index (χ0v) is 17.8. The number of hydrogen-bond acceptors (Lipinski definition) is 3. The Morgan fingerprint density at radius 3 is 2.34 bits per heavy atom. The first-order valence-electron chi connectivity index (χ1n) is 9.93. The van der Waals surface area contributed by atoms with Gasteiger partial charge in [-0.25, -0.2) is 0 Å². The quantitative estimate of drug-likeness (QED) is 0.352. The molecule has 0 spiro atoms. The summed E-state index contributed by atoms with van der Waals surface area (Å²) < 4.78 is 14.8. The summed E-state index contributed by atoms with van der Waals surface area (Å²) in [5.41, 5.74) is 3.76. The third-order valence-corrected chi connectivity index (χ3v) is 6.10. The predicted octanol–water partition coefficient (Wildman–Crippen LogP) is 5.17. The lowest BCUT2D eigenvalue weighted by atomic mass is 9.78. The molecule has 0 N–H and O–H groups in total. The minimum absolute atomic E-state index is 0.356. The molecule has 1 fully saturated rings. The van der Waals surface area contributed by atoms with Crippen molar-refractivity contribution in [3.05, 3.63) is 60.8 Å². The molecule has 0 unspecified atom stereocenters. The Bertz CT molecular complexity index is 1140. The van der Waals surface area contributed by atoms with Gasteiger partial charge in [0.25, 0.3) is 0 Å². The third-order valence-electron chi connectivity index (χ3n) is 6.10. The van der Waals surface area contributed by atoms with E-state index < -0.39 is 0 Å². The first kappa shape index (κ1) is 19.7. The fourth-order valence-corrected chi connectivity index (χ4v) is 3.81. The van der Waals surface area contributed by atoms with Crippen molar-refractivity contribution in [1.29, 1.82) is 0 Å². The number of rotatable bonds is 4. The van der Waals surface area contributed by atoms with E-state index in [-0.39, 0.29) is 18.3 Å². The summed E-state index contributed by atoms with van der Waals surface area (Å²) in [5.74, 6) is 0. The molecule has 5 heteroatoms. The fourth-order valence-electron chi connectivity index (χ4n) is 3.81. The molecule has 0 radical (unpaired) electrons. The van der Waals surface area contributed by atoms with Crippen LogP contribution in [0.2, 0.25) is 0 Å². The van der Waals surface area contributed by atoms with E-state index >= 15 is 0 Å². The van der Waals surface area contributed by atoms with Gasteiger partial charge in [0, 0.05) is 22.7 Å². The molecular formula is C24H27BN2O2. The van der Waals surface area contributed by atoms with Crippen LogP contribution in [-0.4, -0.2) is 29.6 Å². The van der Waals surface area contributed by atoms with Crippen LogP contribution in [0.25, 0.3) is 27.5 Å². The Balaban J connectivity index is 1.87. The molecule has 2 aromatic carbocycles. The van der Waals surface area contributed by atoms with Crippen LogP contribution in [0, 0.1) is 0 Å². The molecule has 0 aliphatic carbocycles. The second kappa shape index (κ2) is 7.01. The molecule has 0 saturated carbocycles. The van der Waals surface area contributed by atoms with Gasteiger partial charge in [-0.05, 0) is 71.1 Å². The average molecular weight is 386 g/mol. The van der Waals surface area contributed by atoms with E-state index in [9.17, 15) is 0 Å². The molecule has 1 aromatic heterocycles. The lowest BCUT2D eigenvalue weighted by Crippen LogP contribution is -2.41. The maximum atomic E-state index is 6.26. The van der Waals surface area contributed by atoms with Gasteiger partial charge in [0.2, 0.25) is 0 Å². The largest absolute Gasteiger partial charge is 0.494 e. The van der Waals surface area contributed by atoms with Gasteiger partial charge < -0.3 is 13.9 Å². The number of fused-ring (bicyclic) bond motifs is 3. The lowest BCUT2D eigenvalue weighted by Gasteiger charge is -2.32. The highest BCUT2D eigenvalue weighted by Gasteiger charge is 2.51. The summed E-state index contributed by atoms with van der Waals surface area (Å²) in [6.45, 7) is 13.9. The number of hydrogen-bond donors (Lipinski definition) is 0. The molecule has 29 heavy (non-hydrogen) atoms. The van der Waals surface area contributed by atoms with Crippen molar-refractivity contribution in [3.8, 4) is 0 Å². The number of benzene rings is 2. The van der Waals surface area contributed by atoms with E-state index in [4.69, 9.17) is 9.31 Å². The van der Waals surface area contributed by atoms with Crippen LogP contribution >= 0.6 is 0 Å². The normalized spacial score (nSPS) is 18.9. The number of allylic oxidation sites excluding steroid dienone is 3. The summed E-state index contributed by atoms with van der Waals surface area (Å²) in [6.07, 6.45) is 5.64. The monoisotopic (exact) mass is 386 g/mol. The number of para-hydroxylation sites is 1. The second-order valence-corrected chi connectivity index (χ2v) is 8.55. The van der Waals surface area contributed by atoms with Crippen molar-refractivity contribution < 1.29 is 9.31 Å². The van der Waals surface area contributed by atoms with Gasteiger partial charge in [-0.3, -0.25) is 4.99 Å². The first-order chi connectivity index (χ1) is 13.7. The molecule has 4 nitrogen and oxygen atoms in total. The predicted molar refractivity (Wildman–Crippen MR) is 124 cm³/mol. The van der Waals surface area contributed by atoms with Gasteiger partial charge >= 0.3 is 7.12 Å². The van der Waals surface area contributed by atoms with Gasteiger partial charge in [-0.1, -0.05) is 30.3 Å². The zero-order valence-electron chi connectivity index (χ0n) is 17.8. The van der Waals surface area contributed by atoms with Gasteiger partial charge in [0.15, 0.2) is 0 Å². The number of aliphatic imine (C=N–C) groups is 1. The van der Waals surface area contributed by atoms with E-state index in [0.29, 0.717) is 0 Å². The van der Waals surface area contributed by atoms with Gasteiger partial charge in [0.05, 0.1) is 22.2 Å². The van der Waals surface area contributed by atoms with Crippen molar-refractivity contribution >= 4 is 46.8 Å². The zero-order chi connectivity index (χ0) is 20.8. The topological polar surface area (TPSA) is 35.8 Å². The molecule has 148 valence electrons. The Labute approximate surface area is 172 Å². The van der Waals surface area contributed by atoms with Crippen LogP contribution in [0.15, 0.2) is 65.8 Å². The standard InChI is InChI=1S/C24H27BN2O2/c1-17(10-9-15-26-6)27-21-12-8-7-11-19(21)20-16-18(13-14-22(20)27)25-28-23(2,3)24(4,5)29-25/h7-16H,6H2,1-5H3/b15-9-,17-10+. The van der Waals surface area contributed by atoms with Crippen LogP contribution in [0.5, 0.6) is 0 Å². The Morgan fingerprint density at radius 2 is 1.66 bits per heavy atom. The minimum atomic E-state index is -0.371. The van der Waals surface area contributed by atoms with E-state index in [0.717, 1.165) is 16.7 Å². The molecule has 0 amide bonds. The van der Waals surface area contributed by atoms with Crippen molar-refractivity contribution in [3.63, 3.8) is 0 Å². The van der Waals surface area contributed by atoms with Crippen molar-refractivity contribution in [2.24, 2.45) is 4.99 Å². The summed E-state index contributed by atoms with van der Waals surface area (Å²) in [6, 6.07) is 14.9. The number of aromatic nitrogens is 1. The maximum Gasteiger partial charge on any atom is 0.494 e. The lowest BCUT2D eigenvalue weighted by molar-refractivity contribution is 0.00578. The van der Waals surface area contributed by atoms with Crippen LogP contribution in [-0.2, 0) is 9.31 Å². The Morgan fingerprint density at radius 1 is 1.00 bits per heavy atom. The van der Waals surface area contributed by atoms with Crippen molar-refractivity contribution in [1.82, 2.24) is 4.57 Å². The van der Waals surface area contributed by atoms with E-state index in [1.807, 2.05) is 12.2 Å². The smallest absolute Gasteiger partial charge is 0.399 e. The summed E-state index contributed by atoms with van der Waals surface area (Å²) in [7, 11) is -0.371. The van der Waals surface area contributed by atoms with Crippen LogP contribution in [0.4, 0.5) is 0 Å². The van der Waals surface area contributed by atoms with E-state index in [2.05, 4.69) is 93.4 Å². The molecule has 1 aliphatic heterocycles. The SMILES string of the molecule is C=N/C=C\C=C(/C)n1c2ccccc2c2cc(B3OC(C)(C)C(C)(C)O3)ccc21. The fraction of sp³-hybridized carbons (Fsp3) is 0.292. The third kappa shape index (κ3) is 3.24. The van der Waals surface area contributed by atoms with E-state index in [1.165, 1.54) is 16.3 Å². The molecule has 1 saturated heterocycles. The molecule has 0 atom stereocenters. The number of nitrogens with zero attached hydrogens (tertiary/aromatic N) is 2. The molecular weight excluding hydrogens is 359 g/mol. The van der Waals surface area contributed by atoms with Gasteiger partial charge in [0.1, 0.15) is 0 Å². The molecule has 3 aromatic rings. The highest BCUT2D eigenvalue weighted by atomic mass is 16.7. The van der Waals surface area contributed by atoms with Crippen molar-refractivity contribution in [2.45, 2.75) is 45.8 Å². The van der Waals surface area contributed by atoms with E-state index in [1.54, 1.807) is 6.20 Å². The molecule has 1 aliphatic rings. The maximum absolute atomic E-state index is 6.26. The molecule has 2 heterocycles. The second-order valence-electron chi connectivity index (χ2n) is 8.55. The summed E-state index contributed by atoms with van der Waals surface area (Å²) in [5, 5.41) is 2.39. The van der Waals surface area contributed by atoms with Gasteiger partial charge in [-0.15, -0.1) is 0 Å². The first-order valence-corrected chi connectivity index (χ1v) is 9.93.